The molecule has 0 spiro atoms. The lowest BCUT2D eigenvalue weighted by Crippen LogP contribution is -2.13. The van der Waals surface area contributed by atoms with Gasteiger partial charge in [0.15, 0.2) is 0 Å². The van der Waals surface area contributed by atoms with Crippen molar-refractivity contribution in [3.05, 3.63) is 71.0 Å². The molecule has 0 saturated carbocycles. The van der Waals surface area contributed by atoms with Gasteiger partial charge >= 0.3 is 0 Å². The maximum Gasteiger partial charge on any atom is 0.257 e. The minimum atomic E-state index is -0.303. The van der Waals surface area contributed by atoms with E-state index in [4.69, 9.17) is 21.1 Å². The summed E-state index contributed by atoms with van der Waals surface area (Å²) in [4.78, 5) is 16.8. The zero-order valence-electron chi connectivity index (χ0n) is 15.7. The van der Waals surface area contributed by atoms with Crippen LogP contribution in [0.1, 0.15) is 15.9 Å². The number of aryl methyl sites for hydroxylation is 1. The molecule has 0 fully saturated rings. The summed E-state index contributed by atoms with van der Waals surface area (Å²) in [5, 5.41) is 6.70. The average molecular weight is 398 g/mol. The van der Waals surface area contributed by atoms with Gasteiger partial charge in [-0.15, -0.1) is 0 Å². The molecule has 0 aliphatic carbocycles. The zero-order valence-corrected chi connectivity index (χ0v) is 16.5. The van der Waals surface area contributed by atoms with Crippen LogP contribution in [-0.4, -0.2) is 25.1 Å². The zero-order chi connectivity index (χ0) is 20.1. The molecule has 2 N–H and O–H groups in total. The molecular weight excluding hydrogens is 378 g/mol. The van der Waals surface area contributed by atoms with E-state index in [9.17, 15) is 4.79 Å². The van der Waals surface area contributed by atoms with Crippen LogP contribution in [0.25, 0.3) is 0 Å². The number of methoxy groups -OCH3 is 2. The highest BCUT2D eigenvalue weighted by Crippen LogP contribution is 2.30. The highest BCUT2D eigenvalue weighted by Gasteiger charge is 2.12. The summed E-state index contributed by atoms with van der Waals surface area (Å²) in [5.41, 5.74) is 3.51. The van der Waals surface area contributed by atoms with Crippen molar-refractivity contribution < 1.29 is 14.3 Å². The molecule has 0 unspecified atom stereocenters. The van der Waals surface area contributed by atoms with E-state index in [0.717, 1.165) is 11.3 Å². The van der Waals surface area contributed by atoms with Gasteiger partial charge in [-0.2, -0.15) is 0 Å². The van der Waals surface area contributed by atoms with Gasteiger partial charge in [0.1, 0.15) is 11.5 Å². The number of hydrogen-bond acceptors (Lipinski definition) is 5. The number of nitrogens with zero attached hydrogens (tertiary/aromatic N) is 1. The molecular formula is C21H20ClN3O3. The lowest BCUT2D eigenvalue weighted by atomic mass is 10.2. The lowest BCUT2D eigenvalue weighted by molar-refractivity contribution is 0.102. The Morgan fingerprint density at radius 3 is 2.57 bits per heavy atom. The van der Waals surface area contributed by atoms with E-state index in [2.05, 4.69) is 15.6 Å². The Labute approximate surface area is 168 Å². The smallest absolute Gasteiger partial charge is 0.257 e. The quantitative estimate of drug-likeness (QED) is 0.608. The number of nitrogens with one attached hydrogen (secondary N) is 2. The second-order valence-corrected chi connectivity index (χ2v) is 6.50. The van der Waals surface area contributed by atoms with Crippen LogP contribution >= 0.6 is 11.6 Å². The highest BCUT2D eigenvalue weighted by atomic mass is 35.5. The van der Waals surface area contributed by atoms with Gasteiger partial charge in [0, 0.05) is 23.0 Å². The predicted molar refractivity (Wildman–Crippen MR) is 111 cm³/mol. The Morgan fingerprint density at radius 2 is 1.82 bits per heavy atom. The van der Waals surface area contributed by atoms with Crippen molar-refractivity contribution in [3.8, 4) is 11.5 Å². The van der Waals surface area contributed by atoms with Crippen LogP contribution in [0.4, 0.5) is 17.1 Å². The van der Waals surface area contributed by atoms with Crippen molar-refractivity contribution in [2.75, 3.05) is 24.9 Å². The van der Waals surface area contributed by atoms with Crippen molar-refractivity contribution in [3.63, 3.8) is 0 Å². The number of amides is 1. The van der Waals surface area contributed by atoms with Gasteiger partial charge < -0.3 is 20.1 Å². The molecule has 0 bridgehead atoms. The van der Waals surface area contributed by atoms with E-state index in [0.29, 0.717) is 33.5 Å². The van der Waals surface area contributed by atoms with Crippen molar-refractivity contribution >= 4 is 34.6 Å². The summed E-state index contributed by atoms with van der Waals surface area (Å²) < 4.78 is 10.5. The van der Waals surface area contributed by atoms with E-state index in [-0.39, 0.29) is 5.91 Å². The molecule has 2 aromatic carbocycles. The fourth-order valence-electron chi connectivity index (χ4n) is 2.61. The average Bonchev–Trinajstić information content (AvgIpc) is 2.71. The number of halogens is 1. The number of carbonyl (C=O) groups is 1. The van der Waals surface area contributed by atoms with Gasteiger partial charge in [-0.3, -0.25) is 9.78 Å². The second kappa shape index (κ2) is 8.63. The largest absolute Gasteiger partial charge is 0.497 e. The van der Waals surface area contributed by atoms with E-state index < -0.39 is 0 Å². The number of aromatic nitrogens is 1. The first kappa shape index (κ1) is 19.5. The van der Waals surface area contributed by atoms with Crippen molar-refractivity contribution in [1.82, 2.24) is 4.98 Å². The van der Waals surface area contributed by atoms with E-state index >= 15 is 0 Å². The maximum atomic E-state index is 12.7. The van der Waals surface area contributed by atoms with E-state index in [1.54, 1.807) is 37.6 Å². The molecule has 7 heteroatoms. The minimum Gasteiger partial charge on any atom is -0.497 e. The molecule has 3 aromatic rings. The SMILES string of the molecule is COc1ccc(NC(=O)c2cncc(Nc3cc(Cl)ccc3C)c2)c(OC)c1. The Hall–Kier alpha value is -3.25. The van der Waals surface area contributed by atoms with Crippen molar-refractivity contribution in [2.24, 2.45) is 0 Å². The number of rotatable bonds is 6. The van der Waals surface area contributed by atoms with Crippen LogP contribution in [-0.2, 0) is 0 Å². The Bertz CT molecular complexity index is 1010. The summed E-state index contributed by atoms with van der Waals surface area (Å²) in [6.45, 7) is 1.97. The molecule has 144 valence electrons. The Morgan fingerprint density at radius 1 is 1.00 bits per heavy atom. The first-order chi connectivity index (χ1) is 13.5. The second-order valence-electron chi connectivity index (χ2n) is 6.07. The molecule has 0 atom stereocenters. The molecule has 3 rings (SSSR count). The molecule has 0 aliphatic heterocycles. The number of hydrogen-bond donors (Lipinski definition) is 2. The molecule has 28 heavy (non-hydrogen) atoms. The first-order valence-corrected chi connectivity index (χ1v) is 8.89. The van der Waals surface area contributed by atoms with Crippen molar-refractivity contribution in [1.29, 1.82) is 0 Å². The molecule has 0 saturated heterocycles. The normalized spacial score (nSPS) is 10.3. The van der Waals surface area contributed by atoms with E-state index in [1.807, 2.05) is 25.1 Å². The van der Waals surface area contributed by atoms with Crippen molar-refractivity contribution in [2.45, 2.75) is 6.92 Å². The minimum absolute atomic E-state index is 0.303. The van der Waals surface area contributed by atoms with Crippen LogP contribution < -0.4 is 20.1 Å². The van der Waals surface area contributed by atoms with Gasteiger partial charge in [-0.1, -0.05) is 17.7 Å². The van der Waals surface area contributed by atoms with Crippen LogP contribution in [0.2, 0.25) is 5.02 Å². The number of benzene rings is 2. The summed E-state index contributed by atoms with van der Waals surface area (Å²) in [5.74, 6) is 0.839. The number of pyridine rings is 1. The molecule has 1 aromatic heterocycles. The third-order valence-corrected chi connectivity index (χ3v) is 4.37. The monoisotopic (exact) mass is 397 g/mol. The number of anilines is 3. The molecule has 6 nitrogen and oxygen atoms in total. The van der Waals surface area contributed by atoms with Crippen LogP contribution in [0.3, 0.4) is 0 Å². The standard InChI is InChI=1S/C21H20ClN3O3/c1-13-4-5-15(22)9-19(13)24-16-8-14(11-23-12-16)21(26)25-18-7-6-17(27-2)10-20(18)28-3/h4-12,24H,1-3H3,(H,25,26). The number of ether oxygens (including phenoxy) is 2. The van der Waals surface area contributed by atoms with Crippen LogP contribution in [0.5, 0.6) is 11.5 Å². The maximum absolute atomic E-state index is 12.7. The molecule has 0 radical (unpaired) electrons. The predicted octanol–water partition coefficient (Wildman–Crippen LogP) is 5.06. The highest BCUT2D eigenvalue weighted by molar-refractivity contribution is 6.30. The fraction of sp³-hybridized carbons (Fsp3) is 0.143. The Balaban J connectivity index is 1.80. The van der Waals surface area contributed by atoms with Crippen LogP contribution in [0.15, 0.2) is 54.9 Å². The third kappa shape index (κ3) is 4.53. The van der Waals surface area contributed by atoms with Gasteiger partial charge in [0.2, 0.25) is 0 Å². The van der Waals surface area contributed by atoms with Gasteiger partial charge in [0.05, 0.1) is 37.4 Å². The van der Waals surface area contributed by atoms with E-state index in [1.165, 1.54) is 13.3 Å². The first-order valence-electron chi connectivity index (χ1n) is 8.52. The Kier molecular flexibility index (Phi) is 6.01. The molecule has 1 amide bonds. The molecule has 0 aliphatic rings. The van der Waals surface area contributed by atoms with Gasteiger partial charge in [-0.05, 0) is 42.8 Å². The van der Waals surface area contributed by atoms with Gasteiger partial charge in [0.25, 0.3) is 5.91 Å². The summed E-state index contributed by atoms with van der Waals surface area (Å²) in [7, 11) is 3.10. The molecule has 1 heterocycles. The fourth-order valence-corrected chi connectivity index (χ4v) is 2.79. The third-order valence-electron chi connectivity index (χ3n) is 4.14. The topological polar surface area (TPSA) is 72.5 Å². The lowest BCUT2D eigenvalue weighted by Gasteiger charge is -2.13. The summed E-state index contributed by atoms with van der Waals surface area (Å²) in [6, 6.07) is 12.5. The summed E-state index contributed by atoms with van der Waals surface area (Å²) >= 11 is 6.06. The van der Waals surface area contributed by atoms with Crippen LogP contribution in [0, 0.1) is 6.92 Å². The van der Waals surface area contributed by atoms with Gasteiger partial charge in [-0.25, -0.2) is 0 Å². The number of carbonyl (C=O) groups excluding carboxylic acids is 1. The summed E-state index contributed by atoms with van der Waals surface area (Å²) in [6.07, 6.45) is 3.15.